The van der Waals surface area contributed by atoms with E-state index in [2.05, 4.69) is 30.3 Å². The maximum absolute atomic E-state index is 11.7. The Kier molecular flexibility index (Phi) is 34.1. The predicted molar refractivity (Wildman–Crippen MR) is 387 cm³/mol. The van der Waals surface area contributed by atoms with Gasteiger partial charge in [0.2, 0.25) is 0 Å². The van der Waals surface area contributed by atoms with Crippen LogP contribution in [-0.2, 0) is 92.8 Å². The summed E-state index contributed by atoms with van der Waals surface area (Å²) in [5.74, 6) is 0.506. The van der Waals surface area contributed by atoms with Crippen LogP contribution in [0.4, 0.5) is 0 Å². The van der Waals surface area contributed by atoms with Gasteiger partial charge in [0, 0.05) is 0 Å². The van der Waals surface area contributed by atoms with Crippen LogP contribution in [-0.4, -0.2) is 77.8 Å². The molecule has 0 heterocycles. The summed E-state index contributed by atoms with van der Waals surface area (Å²) in [5.41, 5.74) is 9.91. The van der Waals surface area contributed by atoms with Crippen LogP contribution in [0.15, 0.2) is 242 Å². The van der Waals surface area contributed by atoms with Crippen molar-refractivity contribution in [1.82, 2.24) is 0 Å². The number of rotatable bonds is 16. The fourth-order valence-electron chi connectivity index (χ4n) is 14.0. The summed E-state index contributed by atoms with van der Waals surface area (Å²) in [6.07, 6.45) is 13.5. The van der Waals surface area contributed by atoms with E-state index < -0.39 is 60.7 Å². The van der Waals surface area contributed by atoms with Gasteiger partial charge in [-0.2, -0.15) is 0 Å². The van der Waals surface area contributed by atoms with Crippen LogP contribution in [0.2, 0.25) is 0 Å². The monoisotopic (exact) mass is 1630 g/mol. The fraction of sp³-hybridized carbons (Fsp3) is 0.165. The van der Waals surface area contributed by atoms with Crippen LogP contribution >= 0.6 is 0 Å². The average molecular weight is 1630 g/mol. The van der Waals surface area contributed by atoms with Crippen molar-refractivity contribution < 1.29 is 255 Å². The molecule has 3 aliphatic carbocycles. The van der Waals surface area contributed by atoms with Crippen molar-refractivity contribution in [3.05, 3.63) is 283 Å². The van der Waals surface area contributed by atoms with Crippen molar-refractivity contribution in [2.45, 2.75) is 94.6 Å². The molecule has 3 unspecified atom stereocenters. The Balaban J connectivity index is 0.000000255. The minimum atomic E-state index is -4.59. The summed E-state index contributed by atoms with van der Waals surface area (Å²) in [5, 5.41) is 9.70. The minimum Gasteiger partial charge on any atom is -0.744 e. The van der Waals surface area contributed by atoms with E-state index in [1.165, 1.54) is 72.8 Å². The minimum absolute atomic E-state index is 0. The summed E-state index contributed by atoms with van der Waals surface area (Å²) < 4.78 is 205. The molecular formula is C79H64Na6O18S6. The van der Waals surface area contributed by atoms with Gasteiger partial charge in [0.1, 0.15) is 60.7 Å². The molecule has 11 aromatic rings. The zero-order valence-corrected chi connectivity index (χ0v) is 78.1. The average Bonchev–Trinajstić information content (AvgIpc) is 0.773. The molecule has 11 aromatic carbocycles. The van der Waals surface area contributed by atoms with E-state index in [1.54, 1.807) is 42.5 Å². The second-order valence-electron chi connectivity index (χ2n) is 26.0. The second kappa shape index (κ2) is 39.2. The standard InChI is InChI=1S/C35H30O6S2.C23H22O6S2.C21H18O6S2.6Na/c36-42(37,38)30-15-17-32-28(22-30)13-11-26(34(32)19-24-7-3-1-4-8-24)21-27-12-14-29-23-31(43(39,40)41)16-18-33(29)35(27)20-25-9-5-2-6-10-25;1-14-16(3-5-18-12-20(30(24,25)26)7-9-22(14)18)11-17-4-6-19-13-21(31(27,28)29)8-10-23(19)15(17)2;22-28(23,24)20-7-5-16-10-14(1-3-18(16)12-20)9-15-2-4-19-13-21(29(25,26)27)8-6-17(19)11-15;;;;;;/h1-11,13-18,22-23,27H,12,19-21H2,(H,36,37,38)(H,39,40,41);3,5-10,12-13,17H,4,11H2,1-2H3,(H,24,25,26)(H,27,28,29);1,3-8,10-13,15H,2,9H2,(H,22,23,24)(H,25,26,27);;;;;;/q;;;6*+1/p-6. The fourth-order valence-corrected chi connectivity index (χ4v) is 17.0. The van der Waals surface area contributed by atoms with Crippen LogP contribution in [0.3, 0.4) is 0 Å². The van der Waals surface area contributed by atoms with E-state index in [1.807, 2.05) is 105 Å². The normalized spacial score (nSPS) is 15.2. The molecule has 3 atom stereocenters. The van der Waals surface area contributed by atoms with Crippen LogP contribution in [0.5, 0.6) is 0 Å². The predicted octanol–water partition coefficient (Wildman–Crippen LogP) is -9.66. The van der Waals surface area contributed by atoms with E-state index in [-0.39, 0.29) is 224 Å². The topological polar surface area (TPSA) is 343 Å². The molecule has 0 aromatic heterocycles. The van der Waals surface area contributed by atoms with E-state index in [9.17, 15) is 77.8 Å². The van der Waals surface area contributed by atoms with E-state index in [0.717, 1.165) is 110 Å². The SMILES string of the molecule is CC1=c2ccc(S(=O)(=O)[O-])cc2=CCC1Cc1ccc2cc(S(=O)(=O)[O-])ccc2c1C.O=S(=O)([O-])c1ccc2c(c1)=CCC(Cc1ccc3cc(S(=O)(=O)[O-])ccc3c1)C=2.O=S(=O)([O-])c1ccc2c(c1)=CCC(Cc1ccc3cc(S(=O)(=O)[O-])ccc3c1Cc1ccccc1)C=2Cc1ccccc1.[Na+].[Na+].[Na+].[Na+].[Na+].[Na+]. The quantitative estimate of drug-likeness (QED) is 0.0640. The van der Waals surface area contributed by atoms with E-state index >= 15 is 0 Å². The molecular weight excluding hydrogens is 1570 g/mol. The van der Waals surface area contributed by atoms with Gasteiger partial charge < -0.3 is 27.3 Å². The largest absolute Gasteiger partial charge is 1.00 e. The molecule has 530 valence electrons. The summed E-state index contributed by atoms with van der Waals surface area (Å²) in [6, 6.07) is 60.2. The first-order valence-electron chi connectivity index (χ1n) is 32.5. The van der Waals surface area contributed by atoms with Crippen molar-refractivity contribution in [3.8, 4) is 0 Å². The first-order valence-corrected chi connectivity index (χ1v) is 40.9. The van der Waals surface area contributed by atoms with Gasteiger partial charge in [0.05, 0.1) is 29.4 Å². The Morgan fingerprint density at radius 2 is 0.716 bits per heavy atom. The maximum atomic E-state index is 11.7. The van der Waals surface area contributed by atoms with Gasteiger partial charge in [0.15, 0.2) is 0 Å². The van der Waals surface area contributed by atoms with Crippen molar-refractivity contribution in [1.29, 1.82) is 0 Å². The van der Waals surface area contributed by atoms with Crippen LogP contribution in [0.25, 0.3) is 67.8 Å². The Labute approximate surface area is 767 Å². The zero-order valence-electron chi connectivity index (χ0n) is 61.2. The third-order valence-electron chi connectivity index (χ3n) is 19.4. The van der Waals surface area contributed by atoms with E-state index in [0.29, 0.717) is 54.7 Å². The van der Waals surface area contributed by atoms with Gasteiger partial charge in [-0.15, -0.1) is 0 Å². The molecule has 0 fully saturated rings. The Bertz CT molecular complexity index is 6440. The van der Waals surface area contributed by atoms with Crippen molar-refractivity contribution in [2.24, 2.45) is 17.8 Å². The summed E-state index contributed by atoms with van der Waals surface area (Å²) in [4.78, 5) is -1.43. The summed E-state index contributed by atoms with van der Waals surface area (Å²) in [6.45, 7) is 3.99. The molecule has 0 spiro atoms. The molecule has 0 saturated heterocycles. The number of hydrogen-bond acceptors (Lipinski definition) is 18. The first-order chi connectivity index (χ1) is 48.6. The number of benzene rings is 11. The number of hydrogen-bond donors (Lipinski definition) is 0. The third-order valence-corrected chi connectivity index (χ3v) is 24.3. The first kappa shape index (κ1) is 94.7. The van der Waals surface area contributed by atoms with Crippen molar-refractivity contribution in [3.63, 3.8) is 0 Å². The molecule has 109 heavy (non-hydrogen) atoms. The van der Waals surface area contributed by atoms with Gasteiger partial charge in [0.25, 0.3) is 0 Å². The Hall–Kier alpha value is -3.12. The molecule has 0 amide bonds. The van der Waals surface area contributed by atoms with Gasteiger partial charge in [-0.1, -0.05) is 175 Å². The van der Waals surface area contributed by atoms with E-state index in [4.69, 9.17) is 0 Å². The maximum Gasteiger partial charge on any atom is 1.00 e. The Morgan fingerprint density at radius 1 is 0.321 bits per heavy atom. The molecule has 14 rings (SSSR count). The molecule has 0 aliphatic heterocycles. The van der Waals surface area contributed by atoms with Gasteiger partial charge >= 0.3 is 177 Å². The smallest absolute Gasteiger partial charge is 0.744 e. The van der Waals surface area contributed by atoms with Crippen molar-refractivity contribution in [2.75, 3.05) is 0 Å². The van der Waals surface area contributed by atoms with Crippen molar-refractivity contribution >= 4 is 128 Å². The number of fused-ring (bicyclic) bond motifs is 6. The van der Waals surface area contributed by atoms with Crippen LogP contribution in [0.1, 0.15) is 65.1 Å². The van der Waals surface area contributed by atoms with Gasteiger partial charge in [-0.05, 0) is 258 Å². The molecule has 0 radical (unpaired) electrons. The number of aryl methyl sites for hydroxylation is 1. The molecule has 0 bridgehead atoms. The third kappa shape index (κ3) is 23.6. The van der Waals surface area contributed by atoms with Crippen LogP contribution in [0, 0.1) is 24.7 Å². The van der Waals surface area contributed by atoms with Crippen LogP contribution < -0.4 is 209 Å². The molecule has 3 aliphatic rings. The zero-order chi connectivity index (χ0) is 73.6. The molecule has 30 heteroatoms. The van der Waals surface area contributed by atoms with Gasteiger partial charge in [-0.3, -0.25) is 0 Å². The molecule has 0 saturated carbocycles. The summed E-state index contributed by atoms with van der Waals surface area (Å²) in [7, 11) is -27.1. The Morgan fingerprint density at radius 3 is 1.27 bits per heavy atom. The second-order valence-corrected chi connectivity index (χ2v) is 34.2. The molecule has 0 N–H and O–H groups in total. The summed E-state index contributed by atoms with van der Waals surface area (Å²) >= 11 is 0. The van der Waals surface area contributed by atoms with Gasteiger partial charge in [-0.25, -0.2) is 50.5 Å². The molecule has 18 nitrogen and oxygen atoms in total.